The molecule has 5 nitrogen and oxygen atoms in total. The zero-order valence-corrected chi connectivity index (χ0v) is 19.8. The molecule has 174 valence electrons. The molecule has 1 fully saturated rings. The van der Waals surface area contributed by atoms with Gasteiger partial charge < -0.3 is 16.0 Å². The Morgan fingerprint density at radius 2 is 1.73 bits per heavy atom. The first-order valence-corrected chi connectivity index (χ1v) is 12.1. The zero-order valence-electron chi connectivity index (χ0n) is 19.8. The number of rotatable bonds is 8. The number of allylic oxidation sites excluding steroid dienone is 4. The molecule has 1 aliphatic heterocycles. The summed E-state index contributed by atoms with van der Waals surface area (Å²) in [7, 11) is 0. The number of carbonyl (C=O) groups is 1. The zero-order chi connectivity index (χ0) is 23.4. The van der Waals surface area contributed by atoms with E-state index in [0.717, 1.165) is 87.4 Å². The van der Waals surface area contributed by atoms with Gasteiger partial charge in [0.2, 0.25) is 5.78 Å². The molecule has 2 aliphatic carbocycles. The Hall–Kier alpha value is -3.05. The first-order chi connectivity index (χ1) is 16.0. The Morgan fingerprint density at radius 1 is 1.06 bits per heavy atom. The maximum atomic E-state index is 12.6. The van der Waals surface area contributed by atoms with Crippen molar-refractivity contribution < 1.29 is 4.79 Å². The molecule has 1 aromatic carbocycles. The van der Waals surface area contributed by atoms with Crippen LogP contribution in [0.15, 0.2) is 77.7 Å². The maximum absolute atomic E-state index is 12.6. The van der Waals surface area contributed by atoms with Crippen LogP contribution < -0.4 is 11.1 Å². The minimum Gasteiger partial charge on any atom is -0.394 e. The highest BCUT2D eigenvalue weighted by atomic mass is 16.1. The van der Waals surface area contributed by atoms with Gasteiger partial charge in [0.25, 0.3) is 0 Å². The highest BCUT2D eigenvalue weighted by Crippen LogP contribution is 2.34. The second-order valence-corrected chi connectivity index (χ2v) is 9.02. The number of ketones is 1. The lowest BCUT2D eigenvalue weighted by Crippen LogP contribution is -2.45. The number of hydrogen-bond donors (Lipinski definition) is 2. The number of benzene rings is 1. The number of carbonyl (C=O) groups excluding carboxylic acids is 1. The van der Waals surface area contributed by atoms with Crippen molar-refractivity contribution in [2.75, 3.05) is 39.3 Å². The van der Waals surface area contributed by atoms with Crippen LogP contribution in [-0.4, -0.2) is 54.9 Å². The van der Waals surface area contributed by atoms with Gasteiger partial charge in [-0.25, -0.2) is 0 Å². The van der Waals surface area contributed by atoms with Gasteiger partial charge in [-0.05, 0) is 48.9 Å². The van der Waals surface area contributed by atoms with E-state index in [9.17, 15) is 4.79 Å². The van der Waals surface area contributed by atoms with E-state index in [1.54, 1.807) is 0 Å². The second-order valence-electron chi connectivity index (χ2n) is 9.02. The second kappa shape index (κ2) is 10.3. The normalized spacial score (nSPS) is 19.2. The van der Waals surface area contributed by atoms with Crippen molar-refractivity contribution in [2.45, 2.75) is 32.6 Å². The van der Waals surface area contributed by atoms with E-state index in [0.29, 0.717) is 11.4 Å². The average Bonchev–Trinajstić information content (AvgIpc) is 2.87. The quantitative estimate of drug-likeness (QED) is 0.598. The number of nitrogens with two attached hydrogens (primary N) is 1. The first-order valence-electron chi connectivity index (χ1n) is 12.1. The summed E-state index contributed by atoms with van der Waals surface area (Å²) in [6.45, 7) is 16.6. The Balaban J connectivity index is 1.23. The van der Waals surface area contributed by atoms with Crippen molar-refractivity contribution in [1.82, 2.24) is 15.1 Å². The van der Waals surface area contributed by atoms with Gasteiger partial charge in [0.05, 0.1) is 5.70 Å². The van der Waals surface area contributed by atoms with Crippen LogP contribution in [0.4, 0.5) is 0 Å². The summed E-state index contributed by atoms with van der Waals surface area (Å²) >= 11 is 0. The van der Waals surface area contributed by atoms with E-state index in [4.69, 9.17) is 5.73 Å². The smallest absolute Gasteiger partial charge is 0.211 e. The molecule has 5 heteroatoms. The largest absolute Gasteiger partial charge is 0.394 e. The predicted molar refractivity (Wildman–Crippen MR) is 136 cm³/mol. The van der Waals surface area contributed by atoms with Crippen LogP contribution in [0.3, 0.4) is 0 Å². The number of Topliss-reactive ketones (excluding diaryl/α,β-unsaturated/α-hetero) is 1. The molecule has 0 unspecified atom stereocenters. The van der Waals surface area contributed by atoms with E-state index in [2.05, 4.69) is 65.5 Å². The third-order valence-corrected chi connectivity index (χ3v) is 6.94. The third-order valence-electron chi connectivity index (χ3n) is 6.94. The predicted octanol–water partition coefficient (Wildman–Crippen LogP) is 3.77. The number of aryl methyl sites for hydroxylation is 1. The fourth-order valence-electron chi connectivity index (χ4n) is 4.81. The van der Waals surface area contributed by atoms with Gasteiger partial charge in [-0.15, -0.1) is 0 Å². The van der Waals surface area contributed by atoms with Crippen molar-refractivity contribution in [2.24, 2.45) is 5.73 Å². The Morgan fingerprint density at radius 3 is 2.39 bits per heavy atom. The molecule has 1 aromatic rings. The summed E-state index contributed by atoms with van der Waals surface area (Å²) in [4.78, 5) is 17.5. The standard InChI is InChI=1S/C28H36N4O/c1-4-22-10-12-23(13-11-22)21(3)32-18-16-31(17-19-32)15-7-14-30-27-20(2)24-8-5-6-9-25(24)28(33)26(27)29/h8-13,30H,2-7,14-19,29H2,1H3. The maximum Gasteiger partial charge on any atom is 0.211 e. The fraction of sp³-hybridized carbons (Fsp3) is 0.393. The van der Waals surface area contributed by atoms with Crippen molar-refractivity contribution >= 4 is 11.5 Å². The van der Waals surface area contributed by atoms with Gasteiger partial charge in [-0.3, -0.25) is 9.69 Å². The summed E-state index contributed by atoms with van der Waals surface area (Å²) in [5.41, 5.74) is 13.4. The molecule has 0 aromatic heterocycles. The SMILES string of the molecule is C=C1C2=CCCC=C2C(=O)C(N)=C1NCCCN1CCN(C(=C)c2ccc(CC)cc2)CC1. The number of hydrogen-bond acceptors (Lipinski definition) is 5. The lowest BCUT2D eigenvalue weighted by atomic mass is 9.82. The number of nitrogens with zero attached hydrogens (tertiary/aromatic N) is 2. The Bertz CT molecular complexity index is 1020. The van der Waals surface area contributed by atoms with Crippen LogP contribution in [0.1, 0.15) is 37.3 Å². The summed E-state index contributed by atoms with van der Waals surface area (Å²) < 4.78 is 0. The summed E-state index contributed by atoms with van der Waals surface area (Å²) in [5.74, 6) is -0.0727. The van der Waals surface area contributed by atoms with Crippen LogP contribution in [0.2, 0.25) is 0 Å². The molecule has 4 rings (SSSR count). The molecule has 33 heavy (non-hydrogen) atoms. The summed E-state index contributed by atoms with van der Waals surface area (Å²) in [6, 6.07) is 8.77. The van der Waals surface area contributed by atoms with Gasteiger partial charge in [-0.1, -0.05) is 56.5 Å². The van der Waals surface area contributed by atoms with Crippen molar-refractivity contribution in [1.29, 1.82) is 0 Å². The lowest BCUT2D eigenvalue weighted by Gasteiger charge is -2.37. The Labute approximate surface area is 198 Å². The minimum atomic E-state index is -0.0727. The first kappa shape index (κ1) is 23.1. The van der Waals surface area contributed by atoms with Gasteiger partial charge in [0.1, 0.15) is 5.70 Å². The van der Waals surface area contributed by atoms with Gasteiger partial charge in [0, 0.05) is 49.6 Å². The van der Waals surface area contributed by atoms with E-state index in [1.165, 1.54) is 11.1 Å². The van der Waals surface area contributed by atoms with Crippen LogP contribution in [0.25, 0.3) is 5.70 Å². The van der Waals surface area contributed by atoms with Gasteiger partial charge in [0.15, 0.2) is 0 Å². The summed E-state index contributed by atoms with van der Waals surface area (Å²) in [5, 5.41) is 3.40. The van der Waals surface area contributed by atoms with Crippen molar-refractivity contribution in [3.05, 3.63) is 88.8 Å². The monoisotopic (exact) mass is 444 g/mol. The fourth-order valence-corrected chi connectivity index (χ4v) is 4.81. The molecule has 0 bridgehead atoms. The van der Waals surface area contributed by atoms with Gasteiger partial charge >= 0.3 is 0 Å². The molecule has 0 atom stereocenters. The van der Waals surface area contributed by atoms with Crippen LogP contribution in [0.5, 0.6) is 0 Å². The number of nitrogens with one attached hydrogen (secondary N) is 1. The Kier molecular flexibility index (Phi) is 7.19. The molecule has 3 N–H and O–H groups in total. The highest BCUT2D eigenvalue weighted by Gasteiger charge is 2.30. The molecule has 3 aliphatic rings. The van der Waals surface area contributed by atoms with E-state index in [-0.39, 0.29) is 5.78 Å². The van der Waals surface area contributed by atoms with Crippen LogP contribution in [0, 0.1) is 0 Å². The minimum absolute atomic E-state index is 0.0727. The summed E-state index contributed by atoms with van der Waals surface area (Å²) in [6.07, 6.45) is 7.97. The van der Waals surface area contributed by atoms with Gasteiger partial charge in [-0.2, -0.15) is 0 Å². The van der Waals surface area contributed by atoms with Crippen molar-refractivity contribution in [3.63, 3.8) is 0 Å². The van der Waals surface area contributed by atoms with E-state index >= 15 is 0 Å². The molecule has 0 spiro atoms. The molecule has 0 amide bonds. The number of fused-ring (bicyclic) bond motifs is 1. The molecule has 1 heterocycles. The van der Waals surface area contributed by atoms with Crippen LogP contribution in [-0.2, 0) is 11.2 Å². The molecular weight excluding hydrogens is 408 g/mol. The lowest BCUT2D eigenvalue weighted by molar-refractivity contribution is -0.112. The molecule has 0 radical (unpaired) electrons. The highest BCUT2D eigenvalue weighted by molar-refractivity contribution is 6.14. The topological polar surface area (TPSA) is 61.6 Å². The van der Waals surface area contributed by atoms with Crippen LogP contribution >= 0.6 is 0 Å². The molecule has 0 saturated carbocycles. The average molecular weight is 445 g/mol. The molecular formula is C28H36N4O. The number of piperazine rings is 1. The van der Waals surface area contributed by atoms with Crippen molar-refractivity contribution in [3.8, 4) is 0 Å². The third kappa shape index (κ3) is 4.98. The molecule has 1 saturated heterocycles. The van der Waals surface area contributed by atoms with E-state index < -0.39 is 0 Å². The van der Waals surface area contributed by atoms with E-state index in [1.807, 2.05) is 6.08 Å².